The Kier molecular flexibility index (Phi) is 42.3. The van der Waals surface area contributed by atoms with Crippen LogP contribution < -0.4 is 26.1 Å². The largest absolute Gasteiger partial charge is 0.460 e. The summed E-state index contributed by atoms with van der Waals surface area (Å²) in [6, 6.07) is 15.7. The normalized spacial score (nSPS) is 19.8. The third-order valence-electron chi connectivity index (χ3n) is 23.6. The summed E-state index contributed by atoms with van der Waals surface area (Å²) in [5.41, 5.74) is 5.43. The van der Waals surface area contributed by atoms with Crippen molar-refractivity contribution in [1.82, 2.24) is 45.3 Å². The summed E-state index contributed by atoms with van der Waals surface area (Å²) < 4.78 is 76.3. The van der Waals surface area contributed by atoms with Gasteiger partial charge in [0, 0.05) is 129 Å². The second kappa shape index (κ2) is 50.3. The number of hydrogen-bond donors (Lipinski definition) is 10. The molecule has 2 aliphatic heterocycles. The number of ether oxygens (including phenoxy) is 7. The van der Waals surface area contributed by atoms with Crippen molar-refractivity contribution in [1.29, 1.82) is 0 Å². The molecule has 2 aromatic heterocycles. The van der Waals surface area contributed by atoms with Crippen molar-refractivity contribution >= 4 is 85.6 Å². The molecule has 0 saturated carbocycles. The molecule has 0 bridgehead atoms. The van der Waals surface area contributed by atoms with E-state index in [0.29, 0.717) is 43.6 Å². The smallest absolute Gasteiger partial charge is 0.410 e. The number of hydrazine groups is 1. The average Bonchev–Trinajstić information content (AvgIpc) is 1.55. The van der Waals surface area contributed by atoms with Gasteiger partial charge in [-0.15, -0.1) is 0 Å². The van der Waals surface area contributed by atoms with E-state index in [0.717, 1.165) is 16.0 Å². The predicted molar refractivity (Wildman–Crippen MR) is 460 cm³/mol. The standard InChI is InChI=1S/C88H136N10O25S/c1-18-54(8)77(71(117-16)46-74(105)98-34-23-27-66(98)82(118-17)57(11)67(101)40-55(9)78(106)59-24-20-19-21-25-59)95(14)86(112)64(51(2)3)45-69(103)76(53(6)7)96(15)88(113)121-49-58-28-29-65(70(42-58)122-87-81(109)80(108)79(107)72(48-99)123-87)92-84(110)56(10)41-68(102)75(52(4)5)93-73(104)31-36-119-38-39-120-37-33-91-85(111)61(50-124(114,115)116)44-63(100)30-35-97-62(47-94(13)89-12)43-60-26-22-32-90-83(60)97/h19-22,24-26,28-29,32,42-43,51-57,61,64,66,71-72,75-82,87,89,99,106-109H,18,23,27,30-31,33-41,44-50H2,1-17H3,(H,91,111)(H,92,110)(H,93,104)(H,114,115,116)/t54-,55-,56+,57-,61-,64-,66-,71+,72+,75-,76-,77-,78+,79+,80-,81+,82+,87+/m0/s1. The number of aryl methyl sites for hydroxylation is 1. The lowest BCUT2D eigenvalue weighted by Gasteiger charge is -2.41. The number of carbonyl (C=O) groups is 10. The Morgan fingerprint density at radius 1 is 0.726 bits per heavy atom. The Labute approximate surface area is 728 Å². The molecule has 0 spiro atoms. The van der Waals surface area contributed by atoms with E-state index in [1.807, 2.05) is 93.7 Å². The van der Waals surface area contributed by atoms with Crippen molar-refractivity contribution in [3.63, 3.8) is 0 Å². The number of amides is 6. The van der Waals surface area contributed by atoms with Gasteiger partial charge in [0.15, 0.2) is 11.6 Å². The zero-order valence-electron chi connectivity index (χ0n) is 74.9. The van der Waals surface area contributed by atoms with Crippen LogP contribution in [0, 0.1) is 53.3 Å². The molecule has 2 aromatic carbocycles. The molecule has 36 heteroatoms. The number of aliphatic hydroxyl groups is 5. The molecule has 2 fully saturated rings. The average molecular weight is 1770 g/mol. The highest BCUT2D eigenvalue weighted by Crippen LogP contribution is 2.36. The fourth-order valence-electron chi connectivity index (χ4n) is 16.1. The molecular weight excluding hydrogens is 1630 g/mol. The number of ketones is 4. The lowest BCUT2D eigenvalue weighted by molar-refractivity contribution is -0.277. The first kappa shape index (κ1) is 104. The van der Waals surface area contributed by atoms with Gasteiger partial charge in [0.25, 0.3) is 10.1 Å². The van der Waals surface area contributed by atoms with Gasteiger partial charge in [0.2, 0.25) is 35.8 Å². The molecular formula is C88H136N10O25S. The predicted octanol–water partition coefficient (Wildman–Crippen LogP) is 5.62. The van der Waals surface area contributed by atoms with Crippen molar-refractivity contribution in [2.75, 3.05) is 99.6 Å². The minimum Gasteiger partial charge on any atom is -0.460 e. The Morgan fingerprint density at radius 2 is 1.41 bits per heavy atom. The van der Waals surface area contributed by atoms with Gasteiger partial charge in [-0.3, -0.25) is 53.1 Å². The Hall–Kier alpha value is -8.34. The molecule has 4 aromatic rings. The van der Waals surface area contributed by atoms with Gasteiger partial charge in [-0.2, -0.15) is 8.42 Å². The van der Waals surface area contributed by atoms with Crippen LogP contribution in [-0.4, -0.2) is 288 Å². The molecule has 694 valence electrons. The lowest BCUT2D eigenvalue weighted by Crippen LogP contribution is -2.60. The molecule has 6 amide bonds. The fraction of sp³-hybridized carbons (Fsp3) is 0.670. The number of pyridine rings is 1. The summed E-state index contributed by atoms with van der Waals surface area (Å²) in [4.78, 5) is 149. The molecule has 10 N–H and O–H groups in total. The molecule has 6 rings (SSSR count). The summed E-state index contributed by atoms with van der Waals surface area (Å²) in [5, 5.41) is 64.2. The topological polar surface area (TPSA) is 470 Å². The lowest BCUT2D eigenvalue weighted by atomic mass is 9.83. The van der Waals surface area contributed by atoms with Gasteiger partial charge < -0.3 is 93.9 Å². The summed E-state index contributed by atoms with van der Waals surface area (Å²) in [5.74, 6) is -11.1. The highest BCUT2D eigenvalue weighted by Gasteiger charge is 2.47. The maximum absolute atomic E-state index is 15.1. The van der Waals surface area contributed by atoms with Crippen LogP contribution >= 0.6 is 0 Å². The number of nitrogens with zero attached hydrogens (tertiary/aromatic N) is 6. The van der Waals surface area contributed by atoms with E-state index in [9.17, 15) is 81.7 Å². The molecule has 124 heavy (non-hydrogen) atoms. The van der Waals surface area contributed by atoms with E-state index in [2.05, 4.69) is 26.4 Å². The van der Waals surface area contributed by atoms with Gasteiger partial charge >= 0.3 is 6.09 Å². The van der Waals surface area contributed by atoms with E-state index < -0.39 is 191 Å². The van der Waals surface area contributed by atoms with Gasteiger partial charge in [-0.05, 0) is 90.9 Å². The molecule has 2 saturated heterocycles. The maximum atomic E-state index is 15.1. The second-order valence-corrected chi connectivity index (χ2v) is 35.4. The van der Waals surface area contributed by atoms with Crippen LogP contribution in [-0.2, 0) is 101 Å². The SMILES string of the molecule is CC[C@H](C)[C@@H]([C@@H](CC(=O)N1CCC[C@H]1[C@H](OC)[C@@H](C)C(=O)C[C@H](C)[C@@H](O)c1ccccc1)OC)N(C)C(=O)[C@@H](CC(=O)[C@H](C(C)C)N(C)C(=O)OCc1ccc(NC(=O)[C@H](C)CC(=O)[C@@H](NC(=O)CCOCCOCCNC(=O)[C@@H](CC(=O)CCn2c(CN(C)NC)cc3cccnc32)CS(=O)(=O)O)C(C)C)c(O[C@@H]2O[C@H](CO)[C@@H](O)[C@H](O)[C@H]2O)c1)C(C)C. The van der Waals surface area contributed by atoms with Crippen LogP contribution in [0.5, 0.6) is 5.75 Å². The minimum atomic E-state index is -4.66. The second-order valence-electron chi connectivity index (χ2n) is 34.0. The number of rotatable bonds is 54. The number of benzene rings is 2. The summed E-state index contributed by atoms with van der Waals surface area (Å²) in [6.45, 7) is 19.2. The number of carbonyl (C=O) groups excluding carboxylic acids is 10. The van der Waals surface area contributed by atoms with E-state index >= 15 is 4.79 Å². The quantitative estimate of drug-likeness (QED) is 0.0146. The number of aromatic nitrogens is 2. The zero-order valence-corrected chi connectivity index (χ0v) is 75.7. The molecule has 0 radical (unpaired) electrons. The summed E-state index contributed by atoms with van der Waals surface area (Å²) in [7, 11) is 5.02. The first-order valence-corrected chi connectivity index (χ1v) is 44.5. The molecule has 0 unspecified atom stereocenters. The Morgan fingerprint density at radius 3 is 2.03 bits per heavy atom. The van der Waals surface area contributed by atoms with E-state index in [-0.39, 0.29) is 124 Å². The van der Waals surface area contributed by atoms with Gasteiger partial charge in [-0.25, -0.2) is 14.8 Å². The van der Waals surface area contributed by atoms with Crippen molar-refractivity contribution in [3.05, 3.63) is 89.7 Å². The van der Waals surface area contributed by atoms with Crippen LogP contribution in [0.3, 0.4) is 0 Å². The zero-order chi connectivity index (χ0) is 92.1. The van der Waals surface area contributed by atoms with Crippen molar-refractivity contribution < 1.29 is 120 Å². The van der Waals surface area contributed by atoms with Crippen LogP contribution in [0.2, 0.25) is 0 Å². The highest BCUT2D eigenvalue weighted by atomic mass is 32.2. The van der Waals surface area contributed by atoms with Gasteiger partial charge in [-0.1, -0.05) is 119 Å². The molecule has 0 aliphatic carbocycles. The van der Waals surface area contributed by atoms with Crippen LogP contribution in [0.15, 0.2) is 72.9 Å². The minimum absolute atomic E-state index is 0.0144. The third-order valence-corrected chi connectivity index (χ3v) is 24.4. The number of methoxy groups -OCH3 is 2. The van der Waals surface area contributed by atoms with Crippen molar-refractivity contribution in [2.45, 2.75) is 233 Å². The molecule has 18 atom stereocenters. The number of hydrogen-bond acceptors (Lipinski definition) is 27. The van der Waals surface area contributed by atoms with Crippen LogP contribution in [0.1, 0.15) is 163 Å². The summed E-state index contributed by atoms with van der Waals surface area (Å²) >= 11 is 0. The van der Waals surface area contributed by atoms with E-state index in [4.69, 9.17) is 33.2 Å². The number of fused-ring (bicyclic) bond motifs is 1. The number of Topliss-reactive ketones (excluding diaryl/α,β-unsaturated/α-hetero) is 4. The van der Waals surface area contributed by atoms with Gasteiger partial charge in [0.1, 0.15) is 54.0 Å². The monoisotopic (exact) mass is 1760 g/mol. The fourth-order valence-corrected chi connectivity index (χ4v) is 16.9. The molecule has 2 aliphatic rings. The first-order valence-electron chi connectivity index (χ1n) is 42.9. The molecule has 35 nitrogen and oxygen atoms in total. The number of aliphatic hydroxyl groups excluding tert-OH is 5. The number of anilines is 1. The number of nitrogens with one attached hydrogen (secondary N) is 4. The maximum Gasteiger partial charge on any atom is 0.410 e. The van der Waals surface area contributed by atoms with Crippen LogP contribution in [0.4, 0.5) is 10.5 Å². The van der Waals surface area contributed by atoms with Gasteiger partial charge in [0.05, 0.1) is 106 Å². The highest BCUT2D eigenvalue weighted by molar-refractivity contribution is 7.85. The Balaban J connectivity index is 1.02. The molecule has 4 heterocycles. The van der Waals surface area contributed by atoms with Crippen LogP contribution in [0.25, 0.3) is 11.0 Å². The van der Waals surface area contributed by atoms with Crippen molar-refractivity contribution in [3.8, 4) is 5.75 Å². The number of likely N-dealkylation sites (N-methyl/N-ethyl adjacent to an activating group) is 2. The first-order chi connectivity index (χ1) is 58.6. The van der Waals surface area contributed by atoms with Crippen molar-refractivity contribution in [2.24, 2.45) is 53.3 Å². The summed E-state index contributed by atoms with van der Waals surface area (Å²) in [6.07, 6.45) is -9.78. The van der Waals surface area contributed by atoms with E-state index in [1.165, 1.54) is 46.4 Å². The Bertz CT molecular complexity index is 4250. The third kappa shape index (κ3) is 30.2. The van der Waals surface area contributed by atoms with E-state index in [1.54, 1.807) is 70.8 Å². The number of likely N-dealkylation sites (tertiary alicyclic amines) is 1.